The summed E-state index contributed by atoms with van der Waals surface area (Å²) >= 11 is 0. The van der Waals surface area contributed by atoms with E-state index in [1.165, 1.54) is 6.08 Å². The molecule has 0 N–H and O–H groups in total. The van der Waals surface area contributed by atoms with E-state index in [0.717, 1.165) is 6.08 Å². The Bertz CT molecular complexity index is 167. The van der Waals surface area contributed by atoms with Crippen molar-refractivity contribution in [2.75, 3.05) is 6.61 Å². The normalized spacial score (nSPS) is 6.18. The standard InChI is InChI=1S/C5H8O2.C3H3N/c1-3-5(6)7-4-2;1-2-3-4/h3H,1,4H2,2H3;2H,1H2. The van der Waals surface area contributed by atoms with Gasteiger partial charge in [0.1, 0.15) is 0 Å². The summed E-state index contributed by atoms with van der Waals surface area (Å²) in [5.41, 5.74) is 0. The molecule has 0 rings (SSSR count). The van der Waals surface area contributed by atoms with E-state index in [1.807, 2.05) is 0 Å². The van der Waals surface area contributed by atoms with Gasteiger partial charge in [0.25, 0.3) is 0 Å². The van der Waals surface area contributed by atoms with Crippen LogP contribution < -0.4 is 0 Å². The molecule has 0 radical (unpaired) electrons. The Balaban J connectivity index is 0. The molecule has 11 heavy (non-hydrogen) atoms. The molecular weight excluding hydrogens is 142 g/mol. The van der Waals surface area contributed by atoms with Crippen LogP contribution in [-0.2, 0) is 9.53 Å². The van der Waals surface area contributed by atoms with Gasteiger partial charge in [-0.25, -0.2) is 4.79 Å². The van der Waals surface area contributed by atoms with Gasteiger partial charge in [-0.2, -0.15) is 5.26 Å². The maximum atomic E-state index is 10.1. The topological polar surface area (TPSA) is 50.1 Å². The maximum absolute atomic E-state index is 10.1. The first-order chi connectivity index (χ1) is 5.22. The number of nitriles is 1. The van der Waals surface area contributed by atoms with Crippen molar-refractivity contribution in [2.24, 2.45) is 0 Å². The van der Waals surface area contributed by atoms with Gasteiger partial charge in [-0.05, 0) is 6.92 Å². The highest BCUT2D eigenvalue weighted by Crippen LogP contribution is 1.74. The molecule has 0 aliphatic carbocycles. The number of carbonyl (C=O) groups is 1. The molecule has 0 spiro atoms. The summed E-state index contributed by atoms with van der Waals surface area (Å²) in [7, 11) is 0. The number of carbonyl (C=O) groups excluding carboxylic acids is 1. The minimum atomic E-state index is -0.359. The van der Waals surface area contributed by atoms with E-state index in [4.69, 9.17) is 5.26 Å². The van der Waals surface area contributed by atoms with E-state index < -0.39 is 0 Å². The largest absolute Gasteiger partial charge is 0.463 e. The van der Waals surface area contributed by atoms with E-state index in [-0.39, 0.29) is 5.97 Å². The fourth-order valence-electron chi connectivity index (χ4n) is 0.201. The Labute approximate surface area is 66.6 Å². The van der Waals surface area contributed by atoms with Gasteiger partial charge in [0.05, 0.1) is 12.7 Å². The molecule has 0 saturated carbocycles. The molecule has 0 heterocycles. The molecule has 0 atom stereocenters. The van der Waals surface area contributed by atoms with Gasteiger partial charge >= 0.3 is 5.97 Å². The van der Waals surface area contributed by atoms with Crippen molar-refractivity contribution < 1.29 is 9.53 Å². The Morgan fingerprint density at radius 3 is 2.27 bits per heavy atom. The molecule has 0 aromatic heterocycles. The van der Waals surface area contributed by atoms with Crippen LogP contribution in [-0.4, -0.2) is 12.6 Å². The van der Waals surface area contributed by atoms with Crippen LogP contribution in [0.3, 0.4) is 0 Å². The fraction of sp³-hybridized carbons (Fsp3) is 0.250. The van der Waals surface area contributed by atoms with E-state index in [2.05, 4.69) is 17.9 Å². The third-order valence-electron chi connectivity index (χ3n) is 0.545. The van der Waals surface area contributed by atoms with Gasteiger partial charge in [0, 0.05) is 12.2 Å². The highest BCUT2D eigenvalue weighted by Gasteiger charge is 1.86. The maximum Gasteiger partial charge on any atom is 0.330 e. The van der Waals surface area contributed by atoms with E-state index >= 15 is 0 Å². The number of nitrogens with zero attached hydrogens (tertiary/aromatic N) is 1. The molecule has 0 bridgehead atoms. The lowest BCUT2D eigenvalue weighted by atomic mass is 10.6. The minimum Gasteiger partial charge on any atom is -0.463 e. The lowest BCUT2D eigenvalue weighted by molar-refractivity contribution is -0.137. The van der Waals surface area contributed by atoms with E-state index in [0.29, 0.717) is 6.61 Å². The van der Waals surface area contributed by atoms with Crippen LogP contribution in [0.25, 0.3) is 0 Å². The number of rotatable bonds is 2. The summed E-state index contributed by atoms with van der Waals surface area (Å²) in [5, 5.41) is 7.51. The second kappa shape index (κ2) is 11.3. The second-order valence-electron chi connectivity index (χ2n) is 1.29. The molecule has 0 aromatic carbocycles. The zero-order valence-corrected chi connectivity index (χ0v) is 6.54. The van der Waals surface area contributed by atoms with Gasteiger partial charge in [-0.3, -0.25) is 0 Å². The highest BCUT2D eigenvalue weighted by molar-refractivity contribution is 5.81. The number of allylic oxidation sites excluding steroid dienone is 1. The van der Waals surface area contributed by atoms with Crippen LogP contribution in [0.15, 0.2) is 25.3 Å². The third-order valence-corrected chi connectivity index (χ3v) is 0.545. The summed E-state index contributed by atoms with van der Waals surface area (Å²) < 4.78 is 4.43. The Kier molecular flexibility index (Phi) is 12.4. The molecule has 0 saturated heterocycles. The van der Waals surface area contributed by atoms with Crippen LogP contribution in [0.2, 0.25) is 0 Å². The molecule has 60 valence electrons. The Hall–Kier alpha value is -1.56. The van der Waals surface area contributed by atoms with Gasteiger partial charge < -0.3 is 4.74 Å². The number of hydrogen-bond acceptors (Lipinski definition) is 3. The molecule has 0 fully saturated rings. The highest BCUT2D eigenvalue weighted by atomic mass is 16.5. The van der Waals surface area contributed by atoms with Gasteiger partial charge in [-0.15, -0.1) is 0 Å². The average molecular weight is 153 g/mol. The third kappa shape index (κ3) is 17.8. The quantitative estimate of drug-likeness (QED) is 0.342. The molecule has 0 unspecified atom stereocenters. The van der Waals surface area contributed by atoms with Crippen molar-refractivity contribution in [3.63, 3.8) is 0 Å². The number of hydrogen-bond donors (Lipinski definition) is 0. The molecular formula is C8H11NO2. The van der Waals surface area contributed by atoms with Crippen molar-refractivity contribution >= 4 is 5.97 Å². The van der Waals surface area contributed by atoms with Crippen molar-refractivity contribution in [1.29, 1.82) is 5.26 Å². The lowest BCUT2D eigenvalue weighted by Crippen LogP contribution is -1.97. The first-order valence-electron chi connectivity index (χ1n) is 3.02. The molecule has 0 aliphatic rings. The summed E-state index contributed by atoms with van der Waals surface area (Å²) in [4.78, 5) is 10.1. The zero-order valence-electron chi connectivity index (χ0n) is 6.54. The Morgan fingerprint density at radius 1 is 1.73 bits per heavy atom. The summed E-state index contributed by atoms with van der Waals surface area (Å²) in [5.74, 6) is -0.359. The van der Waals surface area contributed by atoms with Crippen molar-refractivity contribution in [1.82, 2.24) is 0 Å². The van der Waals surface area contributed by atoms with Crippen molar-refractivity contribution in [3.8, 4) is 6.07 Å². The van der Waals surface area contributed by atoms with Crippen LogP contribution >= 0.6 is 0 Å². The van der Waals surface area contributed by atoms with Crippen LogP contribution in [0.4, 0.5) is 0 Å². The van der Waals surface area contributed by atoms with Crippen LogP contribution in [0, 0.1) is 11.3 Å². The van der Waals surface area contributed by atoms with Gasteiger partial charge in [0.15, 0.2) is 0 Å². The minimum absolute atomic E-state index is 0.359. The van der Waals surface area contributed by atoms with Crippen LogP contribution in [0.1, 0.15) is 6.92 Å². The zero-order chi connectivity index (χ0) is 9.11. The SMILES string of the molecule is C=CC#N.C=CC(=O)OCC. The van der Waals surface area contributed by atoms with Crippen molar-refractivity contribution in [2.45, 2.75) is 6.92 Å². The molecule has 3 heteroatoms. The fourth-order valence-corrected chi connectivity index (χ4v) is 0.201. The molecule has 0 aliphatic heterocycles. The first kappa shape index (κ1) is 12.1. The first-order valence-corrected chi connectivity index (χ1v) is 3.02. The molecule has 0 aromatic rings. The number of ether oxygens (including phenoxy) is 1. The number of esters is 1. The monoisotopic (exact) mass is 153 g/mol. The van der Waals surface area contributed by atoms with E-state index in [1.54, 1.807) is 13.0 Å². The van der Waals surface area contributed by atoms with E-state index in [9.17, 15) is 4.79 Å². The predicted molar refractivity (Wildman–Crippen MR) is 42.6 cm³/mol. The lowest BCUT2D eigenvalue weighted by Gasteiger charge is -1.90. The Morgan fingerprint density at radius 2 is 2.18 bits per heavy atom. The summed E-state index contributed by atoms with van der Waals surface area (Å²) in [6, 6.07) is 1.69. The van der Waals surface area contributed by atoms with Crippen molar-refractivity contribution in [3.05, 3.63) is 25.3 Å². The molecule has 3 nitrogen and oxygen atoms in total. The second-order valence-corrected chi connectivity index (χ2v) is 1.29. The van der Waals surface area contributed by atoms with Gasteiger partial charge in [-0.1, -0.05) is 13.2 Å². The summed E-state index contributed by atoms with van der Waals surface area (Å²) in [6.07, 6.45) is 2.32. The average Bonchev–Trinajstić information content (AvgIpc) is 2.05. The predicted octanol–water partition coefficient (Wildman–Crippen LogP) is 1.43. The smallest absolute Gasteiger partial charge is 0.330 e. The van der Waals surface area contributed by atoms with Gasteiger partial charge in [0.2, 0.25) is 0 Å². The summed E-state index contributed by atoms with van der Waals surface area (Å²) in [6.45, 7) is 8.50. The molecule has 0 amide bonds. The van der Waals surface area contributed by atoms with Crippen LogP contribution in [0.5, 0.6) is 0 Å².